The van der Waals surface area contributed by atoms with E-state index in [9.17, 15) is 18.0 Å². The SMILES string of the molecule is Cc1nc(S(=O)(=O)N2CCC(C(=O)OCC(=O)N3CCCC3c3cccs3)CC2)cn1C. The van der Waals surface area contributed by atoms with Crippen molar-refractivity contribution in [2.75, 3.05) is 26.2 Å². The predicted molar refractivity (Wildman–Crippen MR) is 118 cm³/mol. The van der Waals surface area contributed by atoms with Gasteiger partial charge in [0.15, 0.2) is 11.6 Å². The van der Waals surface area contributed by atoms with Crippen LogP contribution in [-0.4, -0.2) is 65.3 Å². The minimum atomic E-state index is -3.69. The number of esters is 1. The number of rotatable bonds is 6. The first-order chi connectivity index (χ1) is 15.3. The standard InChI is InChI=1S/C21H28N4O5S2/c1-15-22-19(13-23(15)2)32(28,29)24-10-7-16(8-11-24)21(27)30-14-20(26)25-9-3-5-17(25)18-6-4-12-31-18/h4,6,12-13,16-17H,3,5,7-11,14H2,1-2H3. The van der Waals surface area contributed by atoms with Gasteiger partial charge >= 0.3 is 5.97 Å². The number of likely N-dealkylation sites (tertiary alicyclic amines) is 1. The number of imidazole rings is 1. The molecule has 1 atom stereocenters. The third-order valence-corrected chi connectivity index (χ3v) is 9.00. The number of nitrogens with zero attached hydrogens (tertiary/aromatic N) is 4. The minimum Gasteiger partial charge on any atom is -0.455 e. The molecule has 4 rings (SSSR count). The van der Waals surface area contributed by atoms with E-state index in [0.717, 1.165) is 17.7 Å². The normalized spacial score (nSPS) is 20.6. The Hall–Kier alpha value is -2.24. The number of piperidine rings is 1. The predicted octanol–water partition coefficient (Wildman–Crippen LogP) is 2.10. The largest absolute Gasteiger partial charge is 0.455 e. The Morgan fingerprint density at radius 1 is 1.22 bits per heavy atom. The zero-order valence-electron chi connectivity index (χ0n) is 18.3. The van der Waals surface area contributed by atoms with Crippen LogP contribution in [0.2, 0.25) is 0 Å². The molecule has 1 unspecified atom stereocenters. The minimum absolute atomic E-state index is 0.0232. The number of aryl methyl sites for hydroxylation is 2. The number of sulfonamides is 1. The van der Waals surface area contributed by atoms with Gasteiger partial charge in [0.1, 0.15) is 5.82 Å². The maximum absolute atomic E-state index is 12.8. The van der Waals surface area contributed by atoms with E-state index in [0.29, 0.717) is 25.2 Å². The summed E-state index contributed by atoms with van der Waals surface area (Å²) < 4.78 is 34.0. The number of thiophene rings is 1. The van der Waals surface area contributed by atoms with Gasteiger partial charge in [-0.1, -0.05) is 6.07 Å². The van der Waals surface area contributed by atoms with Crippen molar-refractivity contribution >= 4 is 33.2 Å². The number of carbonyl (C=O) groups excluding carboxylic acids is 2. The first-order valence-corrected chi connectivity index (χ1v) is 13.1. The molecule has 1 amide bonds. The van der Waals surface area contributed by atoms with Crippen molar-refractivity contribution in [3.63, 3.8) is 0 Å². The zero-order valence-corrected chi connectivity index (χ0v) is 19.9. The third kappa shape index (κ3) is 4.60. The van der Waals surface area contributed by atoms with Crippen LogP contribution in [0.15, 0.2) is 28.7 Å². The first kappa shape index (κ1) is 22.9. The third-order valence-electron chi connectivity index (χ3n) is 6.26. The van der Waals surface area contributed by atoms with E-state index >= 15 is 0 Å². The van der Waals surface area contributed by atoms with Crippen LogP contribution in [0.5, 0.6) is 0 Å². The van der Waals surface area contributed by atoms with E-state index in [1.54, 1.807) is 34.8 Å². The zero-order chi connectivity index (χ0) is 22.9. The Kier molecular flexibility index (Phi) is 6.68. The van der Waals surface area contributed by atoms with E-state index < -0.39 is 21.9 Å². The summed E-state index contributed by atoms with van der Waals surface area (Å²) in [5.74, 6) is -0.409. The number of hydrogen-bond donors (Lipinski definition) is 0. The lowest BCUT2D eigenvalue weighted by atomic mass is 9.98. The molecule has 4 heterocycles. The summed E-state index contributed by atoms with van der Waals surface area (Å²) in [6, 6.07) is 4.06. The summed E-state index contributed by atoms with van der Waals surface area (Å²) >= 11 is 1.63. The van der Waals surface area contributed by atoms with Gasteiger partial charge in [0, 0.05) is 37.8 Å². The highest BCUT2D eigenvalue weighted by Gasteiger charge is 2.35. The Balaban J connectivity index is 1.28. The van der Waals surface area contributed by atoms with Crippen LogP contribution < -0.4 is 0 Å². The lowest BCUT2D eigenvalue weighted by Crippen LogP contribution is -2.41. The van der Waals surface area contributed by atoms with Crippen LogP contribution in [0.1, 0.15) is 42.4 Å². The van der Waals surface area contributed by atoms with E-state index in [1.165, 1.54) is 10.5 Å². The molecule has 2 fully saturated rings. The van der Waals surface area contributed by atoms with Crippen LogP contribution in [-0.2, 0) is 31.4 Å². The monoisotopic (exact) mass is 480 g/mol. The molecule has 2 aliphatic heterocycles. The molecular weight excluding hydrogens is 452 g/mol. The van der Waals surface area contributed by atoms with Gasteiger partial charge in [0.05, 0.1) is 12.0 Å². The molecule has 2 aromatic rings. The quantitative estimate of drug-likeness (QED) is 0.587. The maximum atomic E-state index is 12.8. The van der Waals surface area contributed by atoms with Crippen LogP contribution >= 0.6 is 11.3 Å². The summed E-state index contributed by atoms with van der Waals surface area (Å²) in [5.41, 5.74) is 0. The number of carbonyl (C=O) groups is 2. The first-order valence-electron chi connectivity index (χ1n) is 10.8. The van der Waals surface area contributed by atoms with Gasteiger partial charge in [-0.05, 0) is 44.1 Å². The van der Waals surface area contributed by atoms with Crippen molar-refractivity contribution in [3.8, 4) is 0 Å². The van der Waals surface area contributed by atoms with Gasteiger partial charge in [0.25, 0.3) is 15.9 Å². The van der Waals surface area contributed by atoms with Gasteiger partial charge in [-0.15, -0.1) is 11.3 Å². The van der Waals surface area contributed by atoms with E-state index in [1.807, 2.05) is 17.5 Å². The van der Waals surface area contributed by atoms with Gasteiger partial charge in [-0.2, -0.15) is 4.31 Å². The lowest BCUT2D eigenvalue weighted by Gasteiger charge is -2.29. The van der Waals surface area contributed by atoms with Gasteiger partial charge in [-0.25, -0.2) is 13.4 Å². The summed E-state index contributed by atoms with van der Waals surface area (Å²) in [7, 11) is -1.94. The highest BCUT2D eigenvalue weighted by atomic mass is 32.2. The Morgan fingerprint density at radius 3 is 2.59 bits per heavy atom. The summed E-state index contributed by atoms with van der Waals surface area (Å²) in [6.07, 6.45) is 4.07. The van der Waals surface area contributed by atoms with Crippen LogP contribution in [0, 0.1) is 12.8 Å². The Bertz CT molecular complexity index is 1050. The van der Waals surface area contributed by atoms with E-state index in [-0.39, 0.29) is 36.7 Å². The molecule has 32 heavy (non-hydrogen) atoms. The van der Waals surface area contributed by atoms with Gasteiger partial charge < -0.3 is 14.2 Å². The lowest BCUT2D eigenvalue weighted by molar-refractivity contribution is -0.156. The van der Waals surface area contributed by atoms with Crippen LogP contribution in [0.3, 0.4) is 0 Å². The Morgan fingerprint density at radius 2 is 1.97 bits per heavy atom. The molecule has 2 saturated heterocycles. The molecule has 0 aromatic carbocycles. The van der Waals surface area contributed by atoms with Crippen LogP contribution in [0.4, 0.5) is 0 Å². The fourth-order valence-electron chi connectivity index (χ4n) is 4.29. The van der Waals surface area contributed by atoms with Crippen molar-refractivity contribution in [3.05, 3.63) is 34.4 Å². The molecule has 2 aliphatic rings. The number of aromatic nitrogens is 2. The molecule has 0 N–H and O–H groups in total. The van der Waals surface area contributed by atoms with Crippen molar-refractivity contribution in [2.45, 2.75) is 43.7 Å². The van der Waals surface area contributed by atoms with Crippen molar-refractivity contribution < 1.29 is 22.7 Å². The average molecular weight is 481 g/mol. The number of amides is 1. The molecule has 0 aliphatic carbocycles. The van der Waals surface area contributed by atoms with E-state index in [4.69, 9.17) is 4.74 Å². The topological polar surface area (TPSA) is 102 Å². The highest BCUT2D eigenvalue weighted by Crippen LogP contribution is 2.34. The van der Waals surface area contributed by atoms with Crippen molar-refractivity contribution in [1.29, 1.82) is 0 Å². The average Bonchev–Trinajstić information content (AvgIpc) is 3.53. The molecule has 0 spiro atoms. The molecule has 174 valence electrons. The van der Waals surface area contributed by atoms with Gasteiger partial charge in [0.2, 0.25) is 0 Å². The van der Waals surface area contributed by atoms with Crippen molar-refractivity contribution in [2.24, 2.45) is 13.0 Å². The molecule has 9 nitrogen and oxygen atoms in total. The summed E-state index contributed by atoms with van der Waals surface area (Å²) in [4.78, 5) is 32.3. The summed E-state index contributed by atoms with van der Waals surface area (Å²) in [6.45, 7) is 2.58. The molecule has 0 saturated carbocycles. The maximum Gasteiger partial charge on any atom is 0.309 e. The second-order valence-electron chi connectivity index (χ2n) is 8.28. The Labute approximate surface area is 192 Å². The molecule has 0 bridgehead atoms. The second-order valence-corrected chi connectivity index (χ2v) is 11.1. The van der Waals surface area contributed by atoms with E-state index in [2.05, 4.69) is 4.98 Å². The molecular formula is C21H28N4O5S2. The molecule has 0 radical (unpaired) electrons. The number of hydrogen-bond acceptors (Lipinski definition) is 7. The molecule has 2 aromatic heterocycles. The van der Waals surface area contributed by atoms with Gasteiger partial charge in [-0.3, -0.25) is 9.59 Å². The highest BCUT2D eigenvalue weighted by molar-refractivity contribution is 7.89. The molecule has 11 heteroatoms. The smallest absolute Gasteiger partial charge is 0.309 e. The second kappa shape index (κ2) is 9.32. The number of ether oxygens (including phenoxy) is 1. The fraction of sp³-hybridized carbons (Fsp3) is 0.571. The fourth-order valence-corrected chi connectivity index (χ4v) is 6.66. The van der Waals surface area contributed by atoms with Crippen LogP contribution in [0.25, 0.3) is 0 Å². The summed E-state index contributed by atoms with van der Waals surface area (Å²) in [5, 5.41) is 2.02. The van der Waals surface area contributed by atoms with Crippen molar-refractivity contribution in [1.82, 2.24) is 18.8 Å².